The Kier molecular flexibility index (Phi) is 7.00. The lowest BCUT2D eigenvalue weighted by atomic mass is 9.22. The topological polar surface area (TPSA) is 4.44 Å². The maximum absolute atomic E-state index is 15.0. The number of nitrogens with one attached hydrogen (secondary N) is 1. The van der Waals surface area contributed by atoms with E-state index < -0.39 is 115 Å². The van der Waals surface area contributed by atoms with Crippen LogP contribution in [0.2, 0.25) is 0 Å². The summed E-state index contributed by atoms with van der Waals surface area (Å²) in [6, 6.07) is 0. The monoisotopic (exact) mass is 557 g/mol. The zero-order valence-electron chi connectivity index (χ0n) is 17.7. The van der Waals surface area contributed by atoms with E-state index in [9.17, 15) is 65.9 Å². The molecule has 1 nitrogen and oxygen atoms in total. The van der Waals surface area contributed by atoms with Crippen LogP contribution < -0.4 is 21.2 Å². The molecular weight excluding hydrogens is 550 g/mol. The van der Waals surface area contributed by atoms with Crippen molar-refractivity contribution in [3.63, 3.8) is 0 Å². The molecule has 0 aliphatic heterocycles. The van der Waals surface area contributed by atoms with Gasteiger partial charge in [-0.2, -0.15) is 0 Å². The number of benzene rings is 3. The van der Waals surface area contributed by atoms with Gasteiger partial charge in [-0.15, -0.1) is 0 Å². The summed E-state index contributed by atoms with van der Waals surface area (Å²) in [5.41, 5.74) is -7.91. The van der Waals surface area contributed by atoms with Gasteiger partial charge in [-0.3, -0.25) is 0 Å². The molecule has 0 fully saturated rings. The number of hydrogen-bond acceptors (Lipinski definition) is 0. The van der Waals surface area contributed by atoms with Crippen LogP contribution in [0.4, 0.5) is 65.9 Å². The van der Waals surface area contributed by atoms with Crippen molar-refractivity contribution in [3.05, 3.63) is 87.3 Å². The lowest BCUT2D eigenvalue weighted by Crippen LogP contribution is -3.26. The highest BCUT2D eigenvalue weighted by Crippen LogP contribution is 2.25. The Morgan fingerprint density at radius 3 is 0.568 bits per heavy atom. The third-order valence-electron chi connectivity index (χ3n) is 5.90. The van der Waals surface area contributed by atoms with Crippen LogP contribution in [0.15, 0.2) is 0 Å². The van der Waals surface area contributed by atoms with Crippen molar-refractivity contribution in [2.24, 2.45) is 0 Å². The quantitative estimate of drug-likeness (QED) is 0.218. The van der Waals surface area contributed by atoms with E-state index in [1.54, 1.807) is 0 Å². The summed E-state index contributed by atoms with van der Waals surface area (Å²) in [4.78, 5) is -1.30. The van der Waals surface area contributed by atoms with E-state index in [-0.39, 0.29) is 0 Å². The molecule has 0 atom stereocenters. The Balaban J connectivity index is 2.90. The number of hydrogen-bond donors (Lipinski definition) is 1. The molecule has 0 aliphatic rings. The maximum atomic E-state index is 15.0. The third kappa shape index (κ3) is 3.57. The highest BCUT2D eigenvalue weighted by molar-refractivity contribution is 7.05. The molecule has 0 unspecified atom stereocenters. The zero-order valence-corrected chi connectivity index (χ0v) is 17.7. The van der Waals surface area contributed by atoms with E-state index >= 15 is 0 Å². The highest BCUT2D eigenvalue weighted by atomic mass is 19.2. The molecule has 0 aromatic heterocycles. The standard InChI is InChI=1S/C20H7BF15N/c1-37(2)21(3-6(22)12(28)18(34)13(29)7(3)23,4-8(24)14(30)19(35)15(31)9(4)25)5-10(26)16(32)20(36)17(33)11(5)27/h37H,1-2H3. The first-order chi connectivity index (χ1) is 17.0. The van der Waals surface area contributed by atoms with Crippen molar-refractivity contribution >= 4 is 22.7 Å². The number of halogens is 15. The van der Waals surface area contributed by atoms with Gasteiger partial charge in [0.15, 0.2) is 52.4 Å². The van der Waals surface area contributed by atoms with E-state index in [4.69, 9.17) is 0 Å². The smallest absolute Gasteiger partial charge is 0.306 e. The molecule has 3 aromatic carbocycles. The highest BCUT2D eigenvalue weighted by Gasteiger charge is 2.54. The van der Waals surface area contributed by atoms with Crippen molar-refractivity contribution in [1.29, 1.82) is 0 Å². The molecule has 0 spiro atoms. The van der Waals surface area contributed by atoms with E-state index in [0.29, 0.717) is 14.1 Å². The second-order valence-electron chi connectivity index (χ2n) is 7.89. The first-order valence-corrected chi connectivity index (χ1v) is 9.49. The average Bonchev–Trinajstić information content (AvgIpc) is 2.85. The summed E-state index contributed by atoms with van der Waals surface area (Å²) in [6.07, 6.45) is -5.55. The van der Waals surface area contributed by atoms with Crippen molar-refractivity contribution in [2.45, 2.75) is 0 Å². The molecule has 1 N–H and O–H groups in total. The van der Waals surface area contributed by atoms with Gasteiger partial charge in [-0.1, -0.05) is 16.4 Å². The van der Waals surface area contributed by atoms with Gasteiger partial charge < -0.3 is 4.81 Å². The van der Waals surface area contributed by atoms with Gasteiger partial charge in [-0.05, 0) is 0 Å². The minimum atomic E-state index is -5.55. The molecule has 200 valence electrons. The Bertz CT molecular complexity index is 1210. The maximum Gasteiger partial charge on any atom is 0.306 e. The Labute approximate surface area is 195 Å². The number of rotatable bonds is 4. The van der Waals surface area contributed by atoms with Crippen molar-refractivity contribution < 1.29 is 70.7 Å². The molecule has 0 heterocycles. The van der Waals surface area contributed by atoms with Crippen LogP contribution in [0, 0.1) is 87.3 Å². The Hall–Kier alpha value is -3.37. The first kappa shape index (κ1) is 28.2. The normalized spacial score (nSPS) is 12.2. The van der Waals surface area contributed by atoms with Crippen LogP contribution in [-0.4, -0.2) is 20.4 Å². The average molecular weight is 557 g/mol. The summed E-state index contributed by atoms with van der Waals surface area (Å²) in [7, 11) is 0.794. The van der Waals surface area contributed by atoms with E-state index in [0.717, 1.165) is 0 Å². The fourth-order valence-electron chi connectivity index (χ4n) is 4.31. The van der Waals surface area contributed by atoms with Crippen LogP contribution in [0.1, 0.15) is 0 Å². The molecule has 3 rings (SSSR count). The predicted molar refractivity (Wildman–Crippen MR) is 96.2 cm³/mol. The molecular formula is C20H7BF15N. The summed E-state index contributed by atoms with van der Waals surface area (Å²) in [6.45, 7) is 0. The Morgan fingerprint density at radius 2 is 0.432 bits per heavy atom. The molecule has 17 heteroatoms. The molecule has 0 radical (unpaired) electrons. The predicted octanol–water partition coefficient (Wildman–Crippen LogP) is 2.88. The lowest BCUT2D eigenvalue weighted by molar-refractivity contribution is -0.744. The summed E-state index contributed by atoms with van der Waals surface area (Å²) in [5.74, 6) is -45.1. The Morgan fingerprint density at radius 1 is 0.297 bits per heavy atom. The lowest BCUT2D eigenvalue weighted by Gasteiger charge is -2.45. The second-order valence-corrected chi connectivity index (χ2v) is 7.89. The van der Waals surface area contributed by atoms with Gasteiger partial charge in [-0.25, -0.2) is 65.9 Å². The van der Waals surface area contributed by atoms with Gasteiger partial charge in [0.2, 0.25) is 0 Å². The van der Waals surface area contributed by atoms with Crippen LogP contribution in [-0.2, 0) is 0 Å². The van der Waals surface area contributed by atoms with Crippen LogP contribution >= 0.6 is 0 Å². The molecule has 0 aliphatic carbocycles. The zero-order chi connectivity index (χ0) is 28.5. The van der Waals surface area contributed by atoms with E-state index in [1.807, 2.05) is 0 Å². The molecule has 0 saturated carbocycles. The first-order valence-electron chi connectivity index (χ1n) is 9.49. The molecule has 0 amide bonds. The van der Waals surface area contributed by atoms with Gasteiger partial charge in [0.25, 0.3) is 0 Å². The van der Waals surface area contributed by atoms with Crippen LogP contribution in [0.25, 0.3) is 0 Å². The molecule has 0 saturated heterocycles. The SMILES string of the molecule is C[NH+](C)[B-](c1c(F)c(F)c(F)c(F)c1F)(c1c(F)c(F)c(F)c(F)c1F)c1c(F)c(F)c(F)c(F)c1F. The molecule has 3 aromatic rings. The minimum absolute atomic E-state index is 0.397. The summed E-state index contributed by atoms with van der Waals surface area (Å²) in [5, 5.41) is 0. The van der Waals surface area contributed by atoms with Gasteiger partial charge >= 0.3 is 6.28 Å². The largest absolute Gasteiger partial charge is 0.519 e. The van der Waals surface area contributed by atoms with E-state index in [2.05, 4.69) is 0 Å². The van der Waals surface area contributed by atoms with Crippen LogP contribution in [0.3, 0.4) is 0 Å². The second kappa shape index (κ2) is 9.18. The number of quaternary nitrogens is 1. The van der Waals surface area contributed by atoms with E-state index in [1.165, 1.54) is 0 Å². The van der Waals surface area contributed by atoms with Crippen molar-refractivity contribution in [3.8, 4) is 0 Å². The molecule has 37 heavy (non-hydrogen) atoms. The summed E-state index contributed by atoms with van der Waals surface area (Å²) < 4.78 is 216. The van der Waals surface area contributed by atoms with Crippen molar-refractivity contribution in [2.75, 3.05) is 14.1 Å². The third-order valence-corrected chi connectivity index (χ3v) is 5.90. The fraction of sp³-hybridized carbons (Fsp3) is 0.100. The fourth-order valence-corrected chi connectivity index (χ4v) is 4.31. The minimum Gasteiger partial charge on any atom is -0.519 e. The molecule has 0 bridgehead atoms. The van der Waals surface area contributed by atoms with Crippen molar-refractivity contribution in [1.82, 2.24) is 0 Å². The van der Waals surface area contributed by atoms with Gasteiger partial charge in [0.1, 0.15) is 34.9 Å². The summed E-state index contributed by atoms with van der Waals surface area (Å²) >= 11 is 0. The van der Waals surface area contributed by atoms with Gasteiger partial charge in [0.05, 0.1) is 0 Å². The van der Waals surface area contributed by atoms with Gasteiger partial charge in [0, 0.05) is 14.1 Å². The van der Waals surface area contributed by atoms with Crippen LogP contribution in [0.5, 0.6) is 0 Å².